The van der Waals surface area contributed by atoms with E-state index in [9.17, 15) is 9.59 Å². The molecule has 0 aliphatic carbocycles. The predicted octanol–water partition coefficient (Wildman–Crippen LogP) is 2.23. The molecule has 1 heterocycles. The van der Waals surface area contributed by atoms with E-state index in [0.717, 1.165) is 11.3 Å². The molecule has 1 aliphatic heterocycles. The smallest absolute Gasteiger partial charge is 0.330 e. The van der Waals surface area contributed by atoms with Gasteiger partial charge in [-0.2, -0.15) is 0 Å². The number of rotatable bonds is 4. The van der Waals surface area contributed by atoms with Gasteiger partial charge in [-0.15, -0.1) is 0 Å². The Bertz CT molecular complexity index is 625. The Morgan fingerprint density at radius 2 is 2.13 bits per heavy atom. The Hall–Kier alpha value is -2.50. The monoisotopic (exact) mass is 318 g/mol. The molecule has 0 spiro atoms. The zero-order chi connectivity index (χ0) is 17.0. The topological polar surface area (TPSA) is 59.1 Å². The number of carbonyl (C=O) groups is 2. The first kappa shape index (κ1) is 16.9. The molecule has 6 heteroatoms. The summed E-state index contributed by atoms with van der Waals surface area (Å²) in [6.07, 6.45) is 3.74. The molecule has 1 aromatic rings. The molecular weight excluding hydrogens is 296 g/mol. The fourth-order valence-electron chi connectivity index (χ4n) is 2.56. The van der Waals surface area contributed by atoms with Gasteiger partial charge >= 0.3 is 12.0 Å². The lowest BCUT2D eigenvalue weighted by Crippen LogP contribution is -2.43. The summed E-state index contributed by atoms with van der Waals surface area (Å²) >= 11 is 0. The molecule has 124 valence electrons. The molecule has 0 bridgehead atoms. The van der Waals surface area contributed by atoms with Crippen molar-refractivity contribution in [3.05, 3.63) is 35.9 Å². The molecule has 0 saturated carbocycles. The Morgan fingerprint density at radius 1 is 1.39 bits per heavy atom. The van der Waals surface area contributed by atoms with Crippen LogP contribution in [0.1, 0.15) is 12.5 Å². The second kappa shape index (κ2) is 7.17. The molecule has 0 fully saturated rings. The van der Waals surface area contributed by atoms with Crippen LogP contribution in [0.2, 0.25) is 0 Å². The number of ether oxygens (including phenoxy) is 2. The van der Waals surface area contributed by atoms with Gasteiger partial charge in [0.15, 0.2) is 0 Å². The third-order valence-corrected chi connectivity index (χ3v) is 3.64. The molecule has 0 radical (unpaired) electrons. The number of nitrogens with zero attached hydrogens (tertiary/aromatic N) is 2. The SMILES string of the molecule is CCOC(=O)/C=C/C1Cc2ccc(OC)cc2N1C(=O)N(C)C. The van der Waals surface area contributed by atoms with E-state index in [-0.39, 0.29) is 12.1 Å². The van der Waals surface area contributed by atoms with Gasteiger partial charge < -0.3 is 14.4 Å². The van der Waals surface area contributed by atoms with Gasteiger partial charge in [0.05, 0.1) is 25.4 Å². The van der Waals surface area contributed by atoms with Crippen LogP contribution in [-0.4, -0.2) is 50.8 Å². The van der Waals surface area contributed by atoms with Crippen LogP contribution in [0, 0.1) is 0 Å². The Kier molecular flexibility index (Phi) is 5.26. The van der Waals surface area contributed by atoms with Crippen molar-refractivity contribution in [2.45, 2.75) is 19.4 Å². The summed E-state index contributed by atoms with van der Waals surface area (Å²) in [7, 11) is 4.99. The van der Waals surface area contributed by atoms with Gasteiger partial charge in [-0.3, -0.25) is 4.90 Å². The lowest BCUT2D eigenvalue weighted by Gasteiger charge is -2.27. The highest BCUT2D eigenvalue weighted by Gasteiger charge is 2.33. The molecule has 1 unspecified atom stereocenters. The number of anilines is 1. The molecule has 0 aromatic heterocycles. The number of hydrogen-bond acceptors (Lipinski definition) is 4. The normalized spacial score (nSPS) is 16.3. The Balaban J connectivity index is 2.33. The molecule has 0 saturated heterocycles. The second-order valence-electron chi connectivity index (χ2n) is 5.42. The average Bonchev–Trinajstić information content (AvgIpc) is 2.89. The van der Waals surface area contributed by atoms with Crippen LogP contribution in [0.25, 0.3) is 0 Å². The van der Waals surface area contributed by atoms with E-state index < -0.39 is 5.97 Å². The van der Waals surface area contributed by atoms with E-state index in [0.29, 0.717) is 18.8 Å². The van der Waals surface area contributed by atoms with E-state index >= 15 is 0 Å². The number of amides is 2. The first-order valence-corrected chi connectivity index (χ1v) is 7.50. The Morgan fingerprint density at radius 3 is 2.74 bits per heavy atom. The molecule has 0 N–H and O–H groups in total. The maximum Gasteiger partial charge on any atom is 0.330 e. The lowest BCUT2D eigenvalue weighted by atomic mass is 10.1. The molecule has 6 nitrogen and oxygen atoms in total. The van der Waals surface area contributed by atoms with Crippen LogP contribution >= 0.6 is 0 Å². The van der Waals surface area contributed by atoms with E-state index in [2.05, 4.69) is 0 Å². The molecular formula is C17H22N2O4. The fourth-order valence-corrected chi connectivity index (χ4v) is 2.56. The summed E-state index contributed by atoms with van der Waals surface area (Å²) in [5.41, 5.74) is 1.85. The van der Waals surface area contributed by atoms with Crippen molar-refractivity contribution in [3.8, 4) is 5.75 Å². The van der Waals surface area contributed by atoms with Crippen LogP contribution in [-0.2, 0) is 16.0 Å². The number of esters is 1. The number of hydrogen-bond donors (Lipinski definition) is 0. The van der Waals surface area contributed by atoms with Gasteiger partial charge in [0, 0.05) is 26.2 Å². The standard InChI is InChI=1S/C17H22N2O4/c1-5-23-16(20)9-7-13-10-12-6-8-14(22-4)11-15(12)19(13)17(21)18(2)3/h6-9,11,13H,5,10H2,1-4H3/b9-7+. The molecule has 2 rings (SSSR count). The first-order valence-electron chi connectivity index (χ1n) is 7.50. The van der Waals surface area contributed by atoms with Crippen LogP contribution in [0.15, 0.2) is 30.4 Å². The van der Waals surface area contributed by atoms with Gasteiger partial charge in [0.1, 0.15) is 5.75 Å². The van der Waals surface area contributed by atoms with Gasteiger partial charge in [0.2, 0.25) is 0 Å². The van der Waals surface area contributed by atoms with Crippen molar-refractivity contribution in [2.24, 2.45) is 0 Å². The van der Waals surface area contributed by atoms with Gasteiger partial charge in [-0.1, -0.05) is 12.1 Å². The van der Waals surface area contributed by atoms with Crippen LogP contribution in [0.3, 0.4) is 0 Å². The first-order chi connectivity index (χ1) is 11.0. The molecule has 1 atom stereocenters. The van der Waals surface area contributed by atoms with Crippen molar-refractivity contribution < 1.29 is 19.1 Å². The zero-order valence-corrected chi connectivity index (χ0v) is 13.9. The van der Waals surface area contributed by atoms with Crippen LogP contribution < -0.4 is 9.64 Å². The third kappa shape index (κ3) is 3.64. The number of carbonyl (C=O) groups excluding carboxylic acids is 2. The summed E-state index contributed by atoms with van der Waals surface area (Å²) in [5, 5.41) is 0. The minimum Gasteiger partial charge on any atom is -0.497 e. The van der Waals surface area contributed by atoms with Gasteiger partial charge in [-0.05, 0) is 25.0 Å². The predicted molar refractivity (Wildman–Crippen MR) is 87.8 cm³/mol. The van der Waals surface area contributed by atoms with Crippen molar-refractivity contribution in [1.82, 2.24) is 4.90 Å². The van der Waals surface area contributed by atoms with E-state index in [4.69, 9.17) is 9.47 Å². The van der Waals surface area contributed by atoms with Gasteiger partial charge in [0.25, 0.3) is 0 Å². The van der Waals surface area contributed by atoms with Crippen molar-refractivity contribution in [2.75, 3.05) is 32.7 Å². The van der Waals surface area contributed by atoms with Crippen LogP contribution in [0.4, 0.5) is 10.5 Å². The van der Waals surface area contributed by atoms with Crippen LogP contribution in [0.5, 0.6) is 5.75 Å². The maximum absolute atomic E-state index is 12.5. The third-order valence-electron chi connectivity index (χ3n) is 3.64. The highest BCUT2D eigenvalue weighted by molar-refractivity contribution is 5.96. The van der Waals surface area contributed by atoms with Crippen molar-refractivity contribution in [1.29, 1.82) is 0 Å². The van der Waals surface area contributed by atoms with Crippen molar-refractivity contribution in [3.63, 3.8) is 0 Å². The second-order valence-corrected chi connectivity index (χ2v) is 5.42. The molecule has 1 aliphatic rings. The Labute approximate surface area is 136 Å². The minimum absolute atomic E-state index is 0.143. The highest BCUT2D eigenvalue weighted by Crippen LogP contribution is 2.36. The maximum atomic E-state index is 12.5. The number of benzene rings is 1. The highest BCUT2D eigenvalue weighted by atomic mass is 16.5. The fraction of sp³-hybridized carbons (Fsp3) is 0.412. The summed E-state index contributed by atoms with van der Waals surface area (Å²) in [5.74, 6) is 0.286. The van der Waals surface area contributed by atoms with E-state index in [1.165, 1.54) is 11.0 Å². The largest absolute Gasteiger partial charge is 0.497 e. The molecule has 2 amide bonds. The summed E-state index contributed by atoms with van der Waals surface area (Å²) in [6.45, 7) is 2.08. The number of fused-ring (bicyclic) bond motifs is 1. The molecule has 23 heavy (non-hydrogen) atoms. The summed E-state index contributed by atoms with van der Waals surface area (Å²) in [4.78, 5) is 27.3. The molecule has 1 aromatic carbocycles. The quantitative estimate of drug-likeness (QED) is 0.631. The van der Waals surface area contributed by atoms with Crippen molar-refractivity contribution >= 4 is 17.7 Å². The number of urea groups is 1. The van der Waals surface area contributed by atoms with E-state index in [1.54, 1.807) is 39.1 Å². The zero-order valence-electron chi connectivity index (χ0n) is 13.9. The average molecular weight is 318 g/mol. The number of methoxy groups -OCH3 is 1. The summed E-state index contributed by atoms with van der Waals surface area (Å²) < 4.78 is 10.1. The minimum atomic E-state index is -0.404. The van der Waals surface area contributed by atoms with E-state index in [1.807, 2.05) is 18.2 Å². The lowest BCUT2D eigenvalue weighted by molar-refractivity contribution is -0.137. The summed E-state index contributed by atoms with van der Waals surface area (Å²) in [6, 6.07) is 5.29. The van der Waals surface area contributed by atoms with Gasteiger partial charge in [-0.25, -0.2) is 9.59 Å².